The zero-order chi connectivity index (χ0) is 11.6. The average molecular weight is 208 g/mol. The molecular formula is C11H16N2O2. The number of rotatable bonds is 3. The van der Waals surface area contributed by atoms with Crippen molar-refractivity contribution in [3.8, 4) is 0 Å². The van der Waals surface area contributed by atoms with Crippen molar-refractivity contribution in [1.29, 1.82) is 0 Å². The molecule has 1 rings (SSSR count). The molecule has 0 aliphatic carbocycles. The first kappa shape index (κ1) is 11.7. The molecule has 15 heavy (non-hydrogen) atoms. The molecule has 0 radical (unpaired) electrons. The Hall–Kier alpha value is -1.42. The highest BCUT2D eigenvalue weighted by Crippen LogP contribution is 2.26. The molecule has 1 atom stereocenters. The number of hydrogen-bond donors (Lipinski definition) is 1. The van der Waals surface area contributed by atoms with E-state index in [1.807, 2.05) is 20.8 Å². The van der Waals surface area contributed by atoms with Gasteiger partial charge in [-0.15, -0.1) is 0 Å². The average Bonchev–Trinajstić information content (AvgIpc) is 2.16. The molecule has 0 fully saturated rings. The van der Waals surface area contributed by atoms with E-state index in [9.17, 15) is 10.1 Å². The van der Waals surface area contributed by atoms with Gasteiger partial charge in [-0.2, -0.15) is 0 Å². The molecule has 82 valence electrons. The fourth-order valence-electron chi connectivity index (χ4n) is 1.46. The standard InChI is InChI=1S/C11H16N2O2/c1-7(2)11(12)10-6-9(13(14)15)5-4-8(10)3/h4-7,11H,12H2,1-3H3. The van der Waals surface area contributed by atoms with E-state index in [0.29, 0.717) is 0 Å². The number of nitro groups is 1. The number of nitrogens with two attached hydrogens (primary N) is 1. The summed E-state index contributed by atoms with van der Waals surface area (Å²) in [5.41, 5.74) is 7.95. The molecule has 0 spiro atoms. The Morgan fingerprint density at radius 1 is 1.40 bits per heavy atom. The third-order valence-electron chi connectivity index (χ3n) is 2.55. The number of benzene rings is 1. The summed E-state index contributed by atoms with van der Waals surface area (Å²) >= 11 is 0. The van der Waals surface area contributed by atoms with Gasteiger partial charge in [0.2, 0.25) is 0 Å². The summed E-state index contributed by atoms with van der Waals surface area (Å²) in [7, 11) is 0. The van der Waals surface area contributed by atoms with Gasteiger partial charge in [0.05, 0.1) is 4.92 Å². The minimum Gasteiger partial charge on any atom is -0.324 e. The van der Waals surface area contributed by atoms with Crippen LogP contribution in [0.3, 0.4) is 0 Å². The first-order valence-electron chi connectivity index (χ1n) is 4.94. The summed E-state index contributed by atoms with van der Waals surface area (Å²) in [6.07, 6.45) is 0. The number of hydrogen-bond acceptors (Lipinski definition) is 3. The van der Waals surface area contributed by atoms with Crippen molar-refractivity contribution in [3.63, 3.8) is 0 Å². The van der Waals surface area contributed by atoms with Crippen LogP contribution in [0, 0.1) is 23.0 Å². The predicted molar refractivity (Wildman–Crippen MR) is 59.6 cm³/mol. The van der Waals surface area contributed by atoms with Gasteiger partial charge in [-0.05, 0) is 24.0 Å². The summed E-state index contributed by atoms with van der Waals surface area (Å²) in [5.74, 6) is 0.269. The Kier molecular flexibility index (Phi) is 3.42. The van der Waals surface area contributed by atoms with Crippen LogP contribution < -0.4 is 5.73 Å². The second-order valence-corrected chi connectivity index (χ2v) is 4.07. The number of nitro benzene ring substituents is 1. The predicted octanol–water partition coefficient (Wildman–Crippen LogP) is 2.56. The lowest BCUT2D eigenvalue weighted by Crippen LogP contribution is -2.18. The molecule has 0 aliphatic rings. The minimum absolute atomic E-state index is 0.103. The minimum atomic E-state index is -0.393. The normalized spacial score (nSPS) is 12.9. The highest BCUT2D eigenvalue weighted by atomic mass is 16.6. The Labute approximate surface area is 89.2 Å². The van der Waals surface area contributed by atoms with Crippen molar-refractivity contribution in [1.82, 2.24) is 0 Å². The van der Waals surface area contributed by atoms with E-state index in [0.717, 1.165) is 11.1 Å². The SMILES string of the molecule is Cc1ccc([N+](=O)[O-])cc1C(N)C(C)C. The van der Waals surface area contributed by atoms with Crippen molar-refractivity contribution in [3.05, 3.63) is 39.4 Å². The maximum Gasteiger partial charge on any atom is 0.269 e. The summed E-state index contributed by atoms with van der Waals surface area (Å²) in [4.78, 5) is 10.2. The van der Waals surface area contributed by atoms with Crippen molar-refractivity contribution >= 4 is 5.69 Å². The van der Waals surface area contributed by atoms with E-state index in [-0.39, 0.29) is 17.6 Å². The maximum absolute atomic E-state index is 10.6. The monoisotopic (exact) mass is 208 g/mol. The first-order chi connectivity index (χ1) is 6.93. The molecule has 1 unspecified atom stereocenters. The van der Waals surface area contributed by atoms with Gasteiger partial charge in [-0.25, -0.2) is 0 Å². The first-order valence-corrected chi connectivity index (χ1v) is 4.94. The molecular weight excluding hydrogens is 192 g/mol. The Morgan fingerprint density at radius 2 is 2.00 bits per heavy atom. The molecule has 4 heteroatoms. The van der Waals surface area contributed by atoms with Gasteiger partial charge in [0, 0.05) is 18.2 Å². The van der Waals surface area contributed by atoms with Crippen LogP contribution in [0.2, 0.25) is 0 Å². The third kappa shape index (κ3) is 2.53. The lowest BCUT2D eigenvalue weighted by atomic mass is 9.93. The van der Waals surface area contributed by atoms with Crippen LogP contribution in [0.25, 0.3) is 0 Å². The maximum atomic E-state index is 10.6. The molecule has 2 N–H and O–H groups in total. The lowest BCUT2D eigenvalue weighted by molar-refractivity contribution is -0.384. The summed E-state index contributed by atoms with van der Waals surface area (Å²) in [5, 5.41) is 10.6. The van der Waals surface area contributed by atoms with E-state index in [2.05, 4.69) is 0 Å². The molecule has 1 aromatic carbocycles. The highest BCUT2D eigenvalue weighted by Gasteiger charge is 2.16. The quantitative estimate of drug-likeness (QED) is 0.613. The summed E-state index contributed by atoms with van der Waals surface area (Å²) in [6.45, 7) is 5.92. The van der Waals surface area contributed by atoms with Crippen molar-refractivity contribution in [2.45, 2.75) is 26.8 Å². The fraction of sp³-hybridized carbons (Fsp3) is 0.455. The summed E-state index contributed by atoms with van der Waals surface area (Å²) in [6, 6.07) is 4.67. The van der Waals surface area contributed by atoms with Crippen LogP contribution in [0.1, 0.15) is 31.0 Å². The molecule has 0 heterocycles. The number of nitrogens with zero attached hydrogens (tertiary/aromatic N) is 1. The molecule has 1 aromatic rings. The van der Waals surface area contributed by atoms with Crippen molar-refractivity contribution in [2.24, 2.45) is 11.7 Å². The van der Waals surface area contributed by atoms with Gasteiger partial charge in [0.25, 0.3) is 5.69 Å². The Morgan fingerprint density at radius 3 is 2.47 bits per heavy atom. The van der Waals surface area contributed by atoms with E-state index < -0.39 is 4.92 Å². The Bertz CT molecular complexity index is 375. The van der Waals surface area contributed by atoms with Gasteiger partial charge in [0.1, 0.15) is 0 Å². The van der Waals surface area contributed by atoms with Crippen LogP contribution in [-0.4, -0.2) is 4.92 Å². The second-order valence-electron chi connectivity index (χ2n) is 4.07. The van der Waals surface area contributed by atoms with Crippen LogP contribution in [0.15, 0.2) is 18.2 Å². The summed E-state index contributed by atoms with van der Waals surface area (Å²) < 4.78 is 0. The third-order valence-corrected chi connectivity index (χ3v) is 2.55. The fourth-order valence-corrected chi connectivity index (χ4v) is 1.46. The number of non-ortho nitro benzene ring substituents is 1. The molecule has 0 saturated carbocycles. The van der Waals surface area contributed by atoms with Crippen LogP contribution in [-0.2, 0) is 0 Å². The van der Waals surface area contributed by atoms with E-state index >= 15 is 0 Å². The van der Waals surface area contributed by atoms with Gasteiger partial charge >= 0.3 is 0 Å². The second kappa shape index (κ2) is 4.40. The zero-order valence-corrected chi connectivity index (χ0v) is 9.23. The molecule has 0 bridgehead atoms. The van der Waals surface area contributed by atoms with Crippen molar-refractivity contribution in [2.75, 3.05) is 0 Å². The van der Waals surface area contributed by atoms with Gasteiger partial charge in [-0.3, -0.25) is 10.1 Å². The van der Waals surface area contributed by atoms with E-state index in [1.54, 1.807) is 12.1 Å². The smallest absolute Gasteiger partial charge is 0.269 e. The molecule has 0 saturated heterocycles. The molecule has 4 nitrogen and oxygen atoms in total. The topological polar surface area (TPSA) is 69.2 Å². The molecule has 0 aliphatic heterocycles. The van der Waals surface area contributed by atoms with Gasteiger partial charge in [0.15, 0.2) is 0 Å². The highest BCUT2D eigenvalue weighted by molar-refractivity contribution is 5.41. The van der Waals surface area contributed by atoms with Crippen LogP contribution >= 0.6 is 0 Å². The largest absolute Gasteiger partial charge is 0.324 e. The van der Waals surface area contributed by atoms with E-state index in [4.69, 9.17) is 5.73 Å². The van der Waals surface area contributed by atoms with E-state index in [1.165, 1.54) is 6.07 Å². The molecule has 0 amide bonds. The van der Waals surface area contributed by atoms with Crippen LogP contribution in [0.4, 0.5) is 5.69 Å². The van der Waals surface area contributed by atoms with Crippen LogP contribution in [0.5, 0.6) is 0 Å². The number of aryl methyl sites for hydroxylation is 1. The van der Waals surface area contributed by atoms with Gasteiger partial charge in [-0.1, -0.05) is 19.9 Å². The zero-order valence-electron chi connectivity index (χ0n) is 9.23. The Balaban J connectivity index is 3.16. The lowest BCUT2D eigenvalue weighted by Gasteiger charge is -2.17. The van der Waals surface area contributed by atoms with Crippen molar-refractivity contribution < 1.29 is 4.92 Å². The van der Waals surface area contributed by atoms with Gasteiger partial charge < -0.3 is 5.73 Å². The molecule has 0 aromatic heterocycles.